The Morgan fingerprint density at radius 1 is 0.273 bits per heavy atom. The molecule has 0 aromatic carbocycles. The molecule has 7 nitrogen and oxygen atoms in total. The van der Waals surface area contributed by atoms with Gasteiger partial charge in [0.15, 0.2) is 0 Å². The van der Waals surface area contributed by atoms with Gasteiger partial charge in [0, 0.05) is 0 Å². The van der Waals surface area contributed by atoms with Gasteiger partial charge in [0.05, 0.1) is 0 Å². The number of rotatable bonds is 0. The van der Waals surface area contributed by atoms with E-state index in [1.165, 1.54) is 0 Å². The first kappa shape index (κ1) is 191. The summed E-state index contributed by atoms with van der Waals surface area (Å²) >= 11 is 0. The van der Waals surface area contributed by atoms with Crippen molar-refractivity contribution in [1.82, 2.24) is 0 Å². The van der Waals surface area contributed by atoms with Crippen LogP contribution in [-0.4, -0.2) is 47.8 Å². The molecule has 0 atom stereocenters. The Hall–Kier alpha value is 3.86. The fraction of sp³-hybridized carbons (Fsp3) is 0. The zero-order valence-electron chi connectivity index (χ0n) is 4.49. The molecule has 0 unspecified atom stereocenters. The molecule has 0 aliphatic heterocycles. The van der Waals surface area contributed by atoms with Crippen LogP contribution in [0.25, 0.3) is 0 Å². The van der Waals surface area contributed by atoms with E-state index in [4.69, 9.17) is 0 Å². The monoisotopic (exact) mass is 680 g/mol. The van der Waals surface area contributed by atoms with Crippen LogP contribution in [-0.2, 0) is 38.3 Å². The summed E-state index contributed by atoms with van der Waals surface area (Å²) in [4.78, 5) is 0. The molecule has 11 heavy (non-hydrogen) atoms. The maximum Gasteiger partial charge on any atom is 4.00 e. The van der Waals surface area contributed by atoms with Crippen molar-refractivity contribution >= 4 is 47.8 Å². The topological polar surface area (TPSA) is 200 Å². The molecule has 0 aliphatic rings. The van der Waals surface area contributed by atoms with Crippen molar-refractivity contribution in [3.8, 4) is 0 Å². The third kappa shape index (κ3) is 131. The molecule has 70 valence electrons. The molecule has 11 heteroatoms. The van der Waals surface area contributed by atoms with E-state index in [-0.39, 0.29) is 162 Å². The molecule has 0 amide bonds. The molecule has 2 radical (unpaired) electrons. The fourth-order valence-electron chi connectivity index (χ4n) is 0. The summed E-state index contributed by atoms with van der Waals surface area (Å²) in [6.07, 6.45) is 0. The normalized spacial score (nSPS) is 0. The van der Waals surface area contributed by atoms with Crippen molar-refractivity contribution in [3.63, 3.8) is 0 Å². The first-order valence-electron chi connectivity index (χ1n) is 0. The van der Waals surface area contributed by atoms with Crippen molar-refractivity contribution in [2.75, 3.05) is 0 Å². The van der Waals surface area contributed by atoms with Crippen LogP contribution in [0.5, 0.6) is 0 Å². The van der Waals surface area contributed by atoms with E-state index in [9.17, 15) is 0 Å². The first-order chi connectivity index (χ1) is 0. The van der Waals surface area contributed by atoms with E-state index in [1.54, 1.807) is 0 Å². The Morgan fingerprint density at radius 3 is 0.273 bits per heavy atom. The van der Waals surface area contributed by atoms with Crippen molar-refractivity contribution < 1.29 is 115 Å². The van der Waals surface area contributed by atoms with Crippen LogP contribution in [0.3, 0.4) is 0 Å². The molecule has 0 spiro atoms. The van der Waals surface area contributed by atoms with Gasteiger partial charge in [-0.1, -0.05) is 0 Å². The summed E-state index contributed by atoms with van der Waals surface area (Å²) < 4.78 is 0. The first-order valence-corrected chi connectivity index (χ1v) is 0. The molecule has 0 bridgehead atoms. The predicted octanol–water partition coefficient (Wildman–Crippen LogP) is -1.59. The molecular formula is Dy2O7Sn2. The third-order valence-electron chi connectivity index (χ3n) is 0. The van der Waals surface area contributed by atoms with Gasteiger partial charge in [-0.25, -0.2) is 0 Å². The van der Waals surface area contributed by atoms with E-state index in [2.05, 4.69) is 0 Å². The van der Waals surface area contributed by atoms with E-state index >= 15 is 0 Å². The van der Waals surface area contributed by atoms with Crippen LogP contribution in [0, 0.1) is 76.3 Å². The number of hydrogen-bond acceptors (Lipinski definition) is 0. The summed E-state index contributed by atoms with van der Waals surface area (Å²) in [5.74, 6) is 0. The molecule has 0 heterocycles. The molecule has 0 aromatic heterocycles. The van der Waals surface area contributed by atoms with Gasteiger partial charge in [0.25, 0.3) is 0 Å². The SMILES string of the molecule is [Dy+3].[Dy+3].[O-2].[O-2].[O-2].[O-2].[O-2].[O-2].[O-2].[Sn+4].[Sn+4]. The predicted molar refractivity (Wildman–Crippen MR) is 16.3 cm³/mol. The van der Waals surface area contributed by atoms with Crippen molar-refractivity contribution in [1.29, 1.82) is 0 Å². The van der Waals surface area contributed by atoms with Gasteiger partial charge in [-0.2, -0.15) is 0 Å². The summed E-state index contributed by atoms with van der Waals surface area (Å²) in [7, 11) is 0. The molecule has 0 N–H and O–H groups in total. The summed E-state index contributed by atoms with van der Waals surface area (Å²) in [5.41, 5.74) is 0. The standard InChI is InChI=1S/2Dy.7O.2Sn/q2*+3;7*-2;2*+4. The second-order valence-corrected chi connectivity index (χ2v) is 0. The maximum atomic E-state index is 0. The molecule has 0 rings (SSSR count). The minimum atomic E-state index is 0. The van der Waals surface area contributed by atoms with E-state index in [0.717, 1.165) is 0 Å². The van der Waals surface area contributed by atoms with Crippen LogP contribution in [0.4, 0.5) is 0 Å². The van der Waals surface area contributed by atoms with Crippen molar-refractivity contribution in [2.24, 2.45) is 0 Å². The Balaban J connectivity index is 0. The molecule has 0 saturated carbocycles. The fourth-order valence-corrected chi connectivity index (χ4v) is 0. The molecular weight excluding hydrogens is 674 g/mol. The van der Waals surface area contributed by atoms with E-state index in [0.29, 0.717) is 0 Å². The van der Waals surface area contributed by atoms with Gasteiger partial charge >= 0.3 is 124 Å². The average Bonchev–Trinajstić information content (AvgIpc) is 0. The van der Waals surface area contributed by atoms with Gasteiger partial charge in [-0.05, 0) is 0 Å². The molecule has 0 aromatic rings. The molecule has 0 aliphatic carbocycles. The Kier molecular flexibility index (Phi) is 2670. The largest absolute Gasteiger partial charge is 4.00 e. The van der Waals surface area contributed by atoms with Gasteiger partial charge in [0.1, 0.15) is 0 Å². The van der Waals surface area contributed by atoms with Crippen LogP contribution in [0.1, 0.15) is 0 Å². The minimum absolute atomic E-state index is 0. The zero-order chi connectivity index (χ0) is 0. The second-order valence-electron chi connectivity index (χ2n) is 0. The van der Waals surface area contributed by atoms with Gasteiger partial charge < -0.3 is 38.3 Å². The number of hydrogen-bond donors (Lipinski definition) is 0. The molecule has 0 saturated heterocycles. The summed E-state index contributed by atoms with van der Waals surface area (Å²) in [5, 5.41) is 0. The molecule has 0 fully saturated rings. The van der Waals surface area contributed by atoms with Crippen molar-refractivity contribution in [2.45, 2.75) is 0 Å². The zero-order valence-corrected chi connectivity index (χ0v) is 14.3. The smallest absolute Gasteiger partial charge is 2.00 e. The van der Waals surface area contributed by atoms with E-state index < -0.39 is 0 Å². The summed E-state index contributed by atoms with van der Waals surface area (Å²) in [6, 6.07) is 0. The summed E-state index contributed by atoms with van der Waals surface area (Å²) in [6.45, 7) is 0. The Bertz CT molecular complexity index is 14.4. The Morgan fingerprint density at radius 2 is 0.273 bits per heavy atom. The van der Waals surface area contributed by atoms with Gasteiger partial charge in [-0.15, -0.1) is 0 Å². The van der Waals surface area contributed by atoms with Gasteiger partial charge in [-0.3, -0.25) is 0 Å². The van der Waals surface area contributed by atoms with Crippen LogP contribution in [0.15, 0.2) is 0 Å². The van der Waals surface area contributed by atoms with E-state index in [1.807, 2.05) is 0 Å². The second kappa shape index (κ2) is 154. The van der Waals surface area contributed by atoms with Crippen LogP contribution < -0.4 is 0 Å². The van der Waals surface area contributed by atoms with Crippen LogP contribution >= 0.6 is 0 Å². The Labute approximate surface area is 159 Å². The minimum Gasteiger partial charge on any atom is -2.00 e. The average molecular weight is 674 g/mol. The quantitative estimate of drug-likeness (QED) is 0.267. The van der Waals surface area contributed by atoms with Gasteiger partial charge in [0.2, 0.25) is 0 Å². The van der Waals surface area contributed by atoms with Crippen molar-refractivity contribution in [3.05, 3.63) is 0 Å². The maximum absolute atomic E-state index is 0. The van der Waals surface area contributed by atoms with Crippen LogP contribution in [0.2, 0.25) is 0 Å². The third-order valence-corrected chi connectivity index (χ3v) is 0.